The Morgan fingerprint density at radius 2 is 2.00 bits per heavy atom. The first kappa shape index (κ1) is 17.1. The molecular weight excluding hydrogens is 399 g/mol. The lowest BCUT2D eigenvalue weighted by molar-refractivity contribution is 0.700. The second kappa shape index (κ2) is 6.76. The van der Waals surface area contributed by atoms with E-state index >= 15 is 0 Å². The lowest BCUT2D eigenvalue weighted by Crippen LogP contribution is -2.12. The molecule has 7 heteroatoms. The molecule has 1 aliphatic carbocycles. The van der Waals surface area contributed by atoms with Crippen LogP contribution in [-0.2, 0) is 12.8 Å². The van der Waals surface area contributed by atoms with Gasteiger partial charge in [0.2, 0.25) is 0 Å². The Morgan fingerprint density at radius 3 is 2.80 bits per heavy atom. The number of nitrogens with zero attached hydrogens (tertiary/aromatic N) is 1. The van der Waals surface area contributed by atoms with E-state index in [9.17, 15) is 4.79 Å². The summed E-state index contributed by atoms with van der Waals surface area (Å²) in [5.41, 5.74) is 1.82. The molecule has 1 aliphatic rings. The number of H-pyrrole nitrogens is 1. The van der Waals surface area contributed by atoms with Crippen molar-refractivity contribution in [3.05, 3.63) is 60.4 Å². The van der Waals surface area contributed by atoms with Gasteiger partial charge in [0.15, 0.2) is 5.82 Å². The topological polar surface area (TPSA) is 45.8 Å². The van der Waals surface area contributed by atoms with E-state index in [0.717, 1.165) is 40.6 Å². The van der Waals surface area contributed by atoms with Gasteiger partial charge in [0, 0.05) is 4.88 Å². The number of thiophene rings is 1. The van der Waals surface area contributed by atoms with Gasteiger partial charge < -0.3 is 4.98 Å². The number of hydrogen-bond donors (Lipinski definition) is 1. The zero-order valence-corrected chi connectivity index (χ0v) is 16.1. The Labute approximate surface area is 163 Å². The average molecular weight is 412 g/mol. The molecule has 0 atom stereocenters. The molecule has 0 bridgehead atoms. The summed E-state index contributed by atoms with van der Waals surface area (Å²) in [6.45, 7) is 0. The fourth-order valence-corrected chi connectivity index (χ4v) is 4.88. The molecule has 0 aliphatic heterocycles. The van der Waals surface area contributed by atoms with Gasteiger partial charge in [0.05, 0.1) is 20.5 Å². The van der Waals surface area contributed by atoms with Gasteiger partial charge in [-0.15, -0.1) is 11.3 Å². The molecule has 0 amide bonds. The van der Waals surface area contributed by atoms with Gasteiger partial charge in [-0.3, -0.25) is 4.79 Å². The standard InChI is InChI=1S/C18H13Cl3N2OS/c19-11-6-5-9(7-12(11)20)8-13(21)16-22-17(24)15-10-3-1-2-4-14(10)25-18(15)23-16/h5-8H,1-4H2,(H,22,23,24)/b13-8-. The summed E-state index contributed by atoms with van der Waals surface area (Å²) in [6, 6.07) is 5.22. The quantitative estimate of drug-likeness (QED) is 0.570. The van der Waals surface area contributed by atoms with Crippen molar-refractivity contribution in [2.75, 3.05) is 0 Å². The predicted octanol–water partition coefficient (Wildman–Crippen LogP) is 5.91. The van der Waals surface area contributed by atoms with Crippen LogP contribution in [0.2, 0.25) is 10.0 Å². The zero-order valence-electron chi connectivity index (χ0n) is 13.0. The summed E-state index contributed by atoms with van der Waals surface area (Å²) in [4.78, 5) is 22.0. The minimum absolute atomic E-state index is 0.125. The summed E-state index contributed by atoms with van der Waals surface area (Å²) in [6.07, 6.45) is 5.98. The van der Waals surface area contributed by atoms with Crippen LogP contribution in [0.4, 0.5) is 0 Å². The minimum atomic E-state index is -0.125. The van der Waals surface area contributed by atoms with Crippen molar-refractivity contribution in [2.24, 2.45) is 0 Å². The SMILES string of the molecule is O=c1[nH]c(/C(Cl)=C/c2ccc(Cl)c(Cl)c2)nc2sc3c(c12)CCCC3. The van der Waals surface area contributed by atoms with Crippen LogP contribution in [0.15, 0.2) is 23.0 Å². The third-order valence-corrected chi connectivity index (χ3v) is 6.50. The first-order valence-electron chi connectivity index (χ1n) is 7.90. The molecule has 1 aromatic carbocycles. The first-order chi connectivity index (χ1) is 12.0. The Morgan fingerprint density at radius 1 is 1.20 bits per heavy atom. The van der Waals surface area contributed by atoms with Crippen molar-refractivity contribution < 1.29 is 0 Å². The zero-order chi connectivity index (χ0) is 17.6. The lowest BCUT2D eigenvalue weighted by atomic mass is 9.97. The van der Waals surface area contributed by atoms with Crippen LogP contribution in [0.1, 0.15) is 34.7 Å². The number of benzene rings is 1. The summed E-state index contributed by atoms with van der Waals surface area (Å²) < 4.78 is 0. The van der Waals surface area contributed by atoms with Crippen LogP contribution >= 0.6 is 46.1 Å². The fourth-order valence-electron chi connectivity index (χ4n) is 3.09. The molecule has 0 fully saturated rings. The normalized spacial score (nSPS) is 14.8. The number of rotatable bonds is 2. The van der Waals surface area contributed by atoms with Crippen molar-refractivity contribution in [2.45, 2.75) is 25.7 Å². The van der Waals surface area contributed by atoms with Gasteiger partial charge in [-0.1, -0.05) is 40.9 Å². The van der Waals surface area contributed by atoms with Gasteiger partial charge in [0.1, 0.15) is 4.83 Å². The van der Waals surface area contributed by atoms with E-state index in [-0.39, 0.29) is 5.56 Å². The monoisotopic (exact) mass is 410 g/mol. The van der Waals surface area contributed by atoms with Crippen molar-refractivity contribution in [1.29, 1.82) is 0 Å². The average Bonchev–Trinajstić information content (AvgIpc) is 2.97. The molecule has 2 heterocycles. The Balaban J connectivity index is 1.79. The number of hydrogen-bond acceptors (Lipinski definition) is 3. The van der Waals surface area contributed by atoms with Gasteiger partial charge in [-0.2, -0.15) is 0 Å². The van der Waals surface area contributed by atoms with E-state index in [1.165, 1.54) is 11.3 Å². The van der Waals surface area contributed by atoms with Gasteiger partial charge in [-0.05, 0) is 55.0 Å². The summed E-state index contributed by atoms with van der Waals surface area (Å²) in [5.74, 6) is 0.365. The van der Waals surface area contributed by atoms with E-state index in [0.29, 0.717) is 20.9 Å². The number of halogens is 3. The third kappa shape index (κ3) is 3.24. The molecular formula is C18H13Cl3N2OS. The Bertz CT molecular complexity index is 1070. The van der Waals surface area contributed by atoms with E-state index < -0.39 is 0 Å². The number of aromatic amines is 1. The van der Waals surface area contributed by atoms with Crippen LogP contribution in [0.5, 0.6) is 0 Å². The lowest BCUT2D eigenvalue weighted by Gasteiger charge is -2.09. The molecule has 0 saturated carbocycles. The maximum absolute atomic E-state index is 12.6. The predicted molar refractivity (Wildman–Crippen MR) is 107 cm³/mol. The van der Waals surface area contributed by atoms with Crippen molar-refractivity contribution in [3.63, 3.8) is 0 Å². The van der Waals surface area contributed by atoms with E-state index in [4.69, 9.17) is 34.8 Å². The second-order valence-electron chi connectivity index (χ2n) is 5.97. The maximum atomic E-state index is 12.6. The summed E-state index contributed by atoms with van der Waals surface area (Å²) in [7, 11) is 0. The second-order valence-corrected chi connectivity index (χ2v) is 8.28. The number of fused-ring (bicyclic) bond motifs is 3. The van der Waals surface area contributed by atoms with Gasteiger partial charge >= 0.3 is 0 Å². The van der Waals surface area contributed by atoms with Gasteiger partial charge in [0.25, 0.3) is 5.56 Å². The number of aryl methyl sites for hydroxylation is 2. The Kier molecular flexibility index (Phi) is 4.63. The van der Waals surface area contributed by atoms with Gasteiger partial charge in [-0.25, -0.2) is 4.98 Å². The first-order valence-corrected chi connectivity index (χ1v) is 9.85. The molecule has 3 aromatic rings. The van der Waals surface area contributed by atoms with E-state index in [1.807, 2.05) is 0 Å². The number of nitrogens with one attached hydrogen (secondary N) is 1. The largest absolute Gasteiger partial charge is 0.305 e. The number of aromatic nitrogens is 2. The molecule has 128 valence electrons. The fraction of sp³-hybridized carbons (Fsp3) is 0.222. The van der Waals surface area contributed by atoms with Crippen LogP contribution in [0.25, 0.3) is 21.3 Å². The highest BCUT2D eigenvalue weighted by Gasteiger charge is 2.20. The molecule has 0 saturated heterocycles. The maximum Gasteiger partial charge on any atom is 0.260 e. The molecule has 2 aromatic heterocycles. The third-order valence-electron chi connectivity index (χ3n) is 4.29. The van der Waals surface area contributed by atoms with E-state index in [2.05, 4.69) is 9.97 Å². The smallest absolute Gasteiger partial charge is 0.260 e. The highest BCUT2D eigenvalue weighted by molar-refractivity contribution is 7.18. The van der Waals surface area contributed by atoms with Crippen molar-refractivity contribution in [1.82, 2.24) is 9.97 Å². The molecule has 0 radical (unpaired) electrons. The highest BCUT2D eigenvalue weighted by Crippen LogP contribution is 2.34. The van der Waals surface area contributed by atoms with E-state index in [1.54, 1.807) is 35.6 Å². The van der Waals surface area contributed by atoms with Crippen molar-refractivity contribution >= 4 is 67.5 Å². The minimum Gasteiger partial charge on any atom is -0.305 e. The van der Waals surface area contributed by atoms with Crippen LogP contribution < -0.4 is 5.56 Å². The highest BCUT2D eigenvalue weighted by atomic mass is 35.5. The van der Waals surface area contributed by atoms with Crippen LogP contribution in [-0.4, -0.2) is 9.97 Å². The summed E-state index contributed by atoms with van der Waals surface area (Å²) >= 11 is 19.9. The van der Waals surface area contributed by atoms with Crippen LogP contribution in [0.3, 0.4) is 0 Å². The molecule has 0 spiro atoms. The van der Waals surface area contributed by atoms with Crippen molar-refractivity contribution in [3.8, 4) is 0 Å². The molecule has 25 heavy (non-hydrogen) atoms. The molecule has 0 unspecified atom stereocenters. The molecule has 4 rings (SSSR count). The van der Waals surface area contributed by atoms with Crippen LogP contribution in [0, 0.1) is 0 Å². The Hall–Kier alpha value is -1.33. The molecule has 3 nitrogen and oxygen atoms in total. The summed E-state index contributed by atoms with van der Waals surface area (Å²) in [5, 5.41) is 2.00. The molecule has 1 N–H and O–H groups in total.